The molecule has 0 amide bonds. The molecule has 0 radical (unpaired) electrons. The van der Waals surface area contributed by atoms with Gasteiger partial charge in [-0.05, 0) is 44.1 Å². The molecule has 1 aliphatic rings. The van der Waals surface area contributed by atoms with Crippen LogP contribution in [-0.4, -0.2) is 45.7 Å². The average Bonchev–Trinajstić information content (AvgIpc) is 2.62. The Hall–Kier alpha value is -0.910. The molecule has 1 aliphatic heterocycles. The Balaban J connectivity index is 3.24. The molecule has 0 aromatic carbocycles. The summed E-state index contributed by atoms with van der Waals surface area (Å²) in [5.41, 5.74) is 0.749. The smallest absolute Gasteiger partial charge is 0.311 e. The third-order valence-electron chi connectivity index (χ3n) is 6.23. The lowest BCUT2D eigenvalue weighted by molar-refractivity contribution is -0.163. The molecule has 0 saturated carbocycles. The lowest BCUT2D eigenvalue weighted by atomic mass is 9.79. The van der Waals surface area contributed by atoms with Crippen LogP contribution in [0.2, 0.25) is 0 Å². The van der Waals surface area contributed by atoms with Crippen LogP contribution in [0, 0.1) is 29.6 Å². The summed E-state index contributed by atoms with van der Waals surface area (Å²) in [6.07, 6.45) is 1.40. The van der Waals surface area contributed by atoms with Gasteiger partial charge in [0.1, 0.15) is 6.10 Å². The maximum absolute atomic E-state index is 12.6. The molecule has 0 aliphatic carbocycles. The van der Waals surface area contributed by atoms with Gasteiger partial charge in [-0.1, -0.05) is 47.1 Å². The molecule has 2 unspecified atom stereocenters. The van der Waals surface area contributed by atoms with Crippen molar-refractivity contribution < 1.29 is 24.9 Å². The van der Waals surface area contributed by atoms with E-state index in [4.69, 9.17) is 4.74 Å². The molecule has 0 aromatic rings. The fourth-order valence-electron chi connectivity index (χ4n) is 4.25. The highest BCUT2D eigenvalue weighted by Gasteiger charge is 2.37. The Bertz CT molecular complexity index is 503. The van der Waals surface area contributed by atoms with Crippen LogP contribution in [0.5, 0.6) is 0 Å². The predicted molar refractivity (Wildman–Crippen MR) is 107 cm³/mol. The summed E-state index contributed by atoms with van der Waals surface area (Å²) in [5, 5.41) is 32.2. The van der Waals surface area contributed by atoms with E-state index in [1.165, 1.54) is 0 Å². The van der Waals surface area contributed by atoms with Crippen molar-refractivity contribution in [3.05, 3.63) is 11.6 Å². The number of allylic oxidation sites excluding steroid dienone is 1. The van der Waals surface area contributed by atoms with Gasteiger partial charge in [0, 0.05) is 11.8 Å². The van der Waals surface area contributed by atoms with Gasteiger partial charge in [0.25, 0.3) is 0 Å². The zero-order valence-corrected chi connectivity index (χ0v) is 18.1. The number of hydrogen-bond acceptors (Lipinski definition) is 5. The van der Waals surface area contributed by atoms with Crippen molar-refractivity contribution in [1.29, 1.82) is 0 Å². The van der Waals surface area contributed by atoms with Crippen molar-refractivity contribution in [2.24, 2.45) is 29.6 Å². The molecule has 0 saturated heterocycles. The number of aliphatic hydroxyl groups is 3. The van der Waals surface area contributed by atoms with Crippen LogP contribution in [0.3, 0.4) is 0 Å². The van der Waals surface area contributed by atoms with E-state index in [-0.39, 0.29) is 23.7 Å². The topological polar surface area (TPSA) is 87.0 Å². The minimum Gasteiger partial charge on any atom is -0.462 e. The molecule has 0 bridgehead atoms. The quantitative estimate of drug-likeness (QED) is 0.502. The Morgan fingerprint density at radius 3 is 2.19 bits per heavy atom. The zero-order chi connectivity index (χ0) is 20.9. The van der Waals surface area contributed by atoms with Crippen LogP contribution in [0.15, 0.2) is 11.6 Å². The second-order valence-electron chi connectivity index (χ2n) is 8.80. The summed E-state index contributed by atoms with van der Waals surface area (Å²) in [4.78, 5) is 12.6. The largest absolute Gasteiger partial charge is 0.462 e. The van der Waals surface area contributed by atoms with Gasteiger partial charge < -0.3 is 20.1 Å². The number of cyclic esters (lactones) is 1. The highest BCUT2D eigenvalue weighted by atomic mass is 16.5. The van der Waals surface area contributed by atoms with Gasteiger partial charge in [0.2, 0.25) is 0 Å². The van der Waals surface area contributed by atoms with Crippen LogP contribution >= 0.6 is 0 Å². The number of aliphatic hydroxyl groups excluding tert-OH is 3. The summed E-state index contributed by atoms with van der Waals surface area (Å²) >= 11 is 0. The summed E-state index contributed by atoms with van der Waals surface area (Å²) in [6.45, 7) is 13.3. The summed E-state index contributed by atoms with van der Waals surface area (Å²) in [5.74, 6) is -1.58. The maximum Gasteiger partial charge on any atom is 0.311 e. The SMILES string of the molecule is CCC[C@H]1OC(=O)[C@H](C)[C@@H](O)/C(C)=C/C(C)C[C@@H](C)C(O)[C@H](C)[C@@H](O)[C@H]1C. The maximum atomic E-state index is 12.6. The number of hydrogen-bond donors (Lipinski definition) is 3. The molecule has 1 heterocycles. The van der Waals surface area contributed by atoms with E-state index in [9.17, 15) is 20.1 Å². The molecule has 5 nitrogen and oxygen atoms in total. The summed E-state index contributed by atoms with van der Waals surface area (Å²) in [6, 6.07) is 0. The Morgan fingerprint density at radius 1 is 1.04 bits per heavy atom. The van der Waals surface area contributed by atoms with Crippen molar-refractivity contribution in [2.45, 2.75) is 92.1 Å². The molecule has 5 heteroatoms. The molecule has 1 rings (SSSR count). The molecule has 3 N–H and O–H groups in total. The average molecular weight is 385 g/mol. The lowest BCUT2D eigenvalue weighted by Gasteiger charge is -2.36. The molecule has 0 fully saturated rings. The van der Waals surface area contributed by atoms with Crippen molar-refractivity contribution in [3.63, 3.8) is 0 Å². The lowest BCUT2D eigenvalue weighted by Crippen LogP contribution is -2.44. The minimum atomic E-state index is -0.899. The van der Waals surface area contributed by atoms with Gasteiger partial charge >= 0.3 is 5.97 Å². The van der Waals surface area contributed by atoms with E-state index in [0.717, 1.165) is 18.4 Å². The van der Waals surface area contributed by atoms with Crippen LogP contribution in [0.1, 0.15) is 67.7 Å². The molecule has 158 valence electrons. The number of carbonyl (C=O) groups excluding carboxylic acids is 1. The normalized spacial score (nSPS) is 44.7. The van der Waals surface area contributed by atoms with Gasteiger partial charge in [-0.25, -0.2) is 0 Å². The van der Waals surface area contributed by atoms with Crippen molar-refractivity contribution in [2.75, 3.05) is 0 Å². The van der Waals surface area contributed by atoms with Gasteiger partial charge in [0.15, 0.2) is 0 Å². The van der Waals surface area contributed by atoms with E-state index in [2.05, 4.69) is 0 Å². The first-order valence-corrected chi connectivity index (χ1v) is 10.4. The minimum absolute atomic E-state index is 0.00517. The highest BCUT2D eigenvalue weighted by Crippen LogP contribution is 2.30. The summed E-state index contributed by atoms with van der Waals surface area (Å²) in [7, 11) is 0. The molecule has 0 spiro atoms. The van der Waals surface area contributed by atoms with Crippen LogP contribution < -0.4 is 0 Å². The third kappa shape index (κ3) is 6.30. The second kappa shape index (κ2) is 10.6. The third-order valence-corrected chi connectivity index (χ3v) is 6.23. The van der Waals surface area contributed by atoms with E-state index < -0.39 is 36.3 Å². The first-order valence-electron chi connectivity index (χ1n) is 10.4. The van der Waals surface area contributed by atoms with Crippen molar-refractivity contribution in [3.8, 4) is 0 Å². The predicted octanol–water partition coefficient (Wildman–Crippen LogP) is 3.31. The first kappa shape index (κ1) is 24.1. The van der Waals surface area contributed by atoms with Gasteiger partial charge in [-0.15, -0.1) is 0 Å². The van der Waals surface area contributed by atoms with Gasteiger partial charge in [-0.3, -0.25) is 4.79 Å². The summed E-state index contributed by atoms with van der Waals surface area (Å²) < 4.78 is 5.72. The Morgan fingerprint density at radius 2 is 1.63 bits per heavy atom. The van der Waals surface area contributed by atoms with Crippen LogP contribution in [0.4, 0.5) is 0 Å². The fraction of sp³-hybridized carbons (Fsp3) is 0.864. The number of rotatable bonds is 2. The fourth-order valence-corrected chi connectivity index (χ4v) is 4.25. The number of ether oxygens (including phenoxy) is 1. The molecule has 27 heavy (non-hydrogen) atoms. The highest BCUT2D eigenvalue weighted by molar-refractivity contribution is 5.73. The Labute approximate surface area is 164 Å². The molecule has 0 aromatic heterocycles. The zero-order valence-electron chi connectivity index (χ0n) is 18.1. The van der Waals surface area contributed by atoms with E-state index in [0.29, 0.717) is 6.42 Å². The molecular weight excluding hydrogens is 344 g/mol. The second-order valence-corrected chi connectivity index (χ2v) is 8.80. The van der Waals surface area contributed by atoms with Gasteiger partial charge in [0.05, 0.1) is 24.2 Å². The monoisotopic (exact) mass is 384 g/mol. The van der Waals surface area contributed by atoms with E-state index in [1.54, 1.807) is 6.92 Å². The van der Waals surface area contributed by atoms with Crippen LogP contribution in [0.25, 0.3) is 0 Å². The molecule has 9 atom stereocenters. The molecular formula is C22H40O5. The standard InChI is InChI=1S/C22H40O5/c1-8-9-18-15(5)21(25)16(6)19(23)13(3)10-12(2)11-14(4)20(24)17(7)22(26)27-18/h11-13,15-21,23-25H,8-10H2,1-7H3/b14-11+/t12?,13-,15+,16+,17-,18-,19?,20+,21+/m1/s1. The Kier molecular flexibility index (Phi) is 9.46. The number of esters is 1. The van der Waals surface area contributed by atoms with Gasteiger partial charge in [-0.2, -0.15) is 0 Å². The van der Waals surface area contributed by atoms with Crippen molar-refractivity contribution >= 4 is 5.97 Å². The number of carbonyl (C=O) groups is 1. The van der Waals surface area contributed by atoms with Crippen LogP contribution in [-0.2, 0) is 9.53 Å². The van der Waals surface area contributed by atoms with Crippen molar-refractivity contribution in [1.82, 2.24) is 0 Å². The van der Waals surface area contributed by atoms with E-state index >= 15 is 0 Å². The van der Waals surface area contributed by atoms with E-state index in [1.807, 2.05) is 47.6 Å². The first-order chi connectivity index (χ1) is 12.5.